The molecule has 1 aromatic heterocycles. The lowest BCUT2D eigenvalue weighted by Gasteiger charge is -2.24. The van der Waals surface area contributed by atoms with E-state index in [1.54, 1.807) is 49.6 Å². The summed E-state index contributed by atoms with van der Waals surface area (Å²) in [5, 5.41) is 12.0. The monoisotopic (exact) mass is 586 g/mol. The number of benzene rings is 3. The summed E-state index contributed by atoms with van der Waals surface area (Å²) in [6.07, 6.45) is 0.696. The van der Waals surface area contributed by atoms with Crippen LogP contribution >= 0.6 is 11.3 Å². The predicted molar refractivity (Wildman–Crippen MR) is 160 cm³/mol. The van der Waals surface area contributed by atoms with Gasteiger partial charge in [0.15, 0.2) is 16.6 Å². The normalized spacial score (nSPS) is 19.2. The van der Waals surface area contributed by atoms with Crippen LogP contribution in [0.2, 0.25) is 0 Å². The van der Waals surface area contributed by atoms with Crippen LogP contribution in [0.1, 0.15) is 43.5 Å². The highest BCUT2D eigenvalue weighted by Crippen LogP contribution is 2.46. The topological polar surface area (TPSA) is 107 Å². The molecule has 216 valence electrons. The summed E-state index contributed by atoms with van der Waals surface area (Å²) >= 11 is 1.27. The summed E-state index contributed by atoms with van der Waals surface area (Å²) in [5.41, 5.74) is 2.55. The van der Waals surface area contributed by atoms with Crippen LogP contribution < -0.4 is 23.8 Å². The number of ether oxygens (including phenoxy) is 4. The summed E-state index contributed by atoms with van der Waals surface area (Å²) in [6, 6.07) is 15.0. The first-order valence-corrected chi connectivity index (χ1v) is 14.6. The summed E-state index contributed by atoms with van der Waals surface area (Å²) < 4.78 is 23.6. The lowest BCUT2D eigenvalue weighted by atomic mass is 9.94. The Morgan fingerprint density at radius 2 is 1.83 bits per heavy atom. The SMILES string of the molecule is CCOc1ccc([C@H]2/C(=C(\O)c3ccc4c(c3)C[C@H](C)O4)C(=O)C(=O)N2c2nc3ccc(OC)cc3s2)cc1OCC. The van der Waals surface area contributed by atoms with Gasteiger partial charge in [-0.3, -0.25) is 14.5 Å². The van der Waals surface area contributed by atoms with Crippen LogP contribution in [0.25, 0.3) is 16.0 Å². The third kappa shape index (κ3) is 4.71. The minimum absolute atomic E-state index is 0.0153. The highest BCUT2D eigenvalue weighted by molar-refractivity contribution is 7.22. The van der Waals surface area contributed by atoms with Crippen LogP contribution in [0.15, 0.2) is 60.2 Å². The Morgan fingerprint density at radius 3 is 2.60 bits per heavy atom. The number of methoxy groups -OCH3 is 1. The number of carbonyl (C=O) groups excluding carboxylic acids is 2. The first kappa shape index (κ1) is 27.6. The maximum absolute atomic E-state index is 13.7. The molecule has 0 radical (unpaired) electrons. The second-order valence-electron chi connectivity index (χ2n) is 10.0. The molecule has 0 unspecified atom stereocenters. The van der Waals surface area contributed by atoms with E-state index in [1.165, 1.54) is 16.2 Å². The van der Waals surface area contributed by atoms with E-state index in [0.717, 1.165) is 16.0 Å². The molecule has 1 saturated heterocycles. The lowest BCUT2D eigenvalue weighted by Crippen LogP contribution is -2.29. The van der Waals surface area contributed by atoms with Crippen LogP contribution in [-0.2, 0) is 16.0 Å². The van der Waals surface area contributed by atoms with Gasteiger partial charge in [-0.05, 0) is 80.4 Å². The average Bonchev–Trinajstić information content (AvgIpc) is 3.65. The first-order chi connectivity index (χ1) is 20.3. The molecule has 2 aliphatic rings. The predicted octanol–water partition coefficient (Wildman–Crippen LogP) is 6.05. The van der Waals surface area contributed by atoms with Gasteiger partial charge in [0, 0.05) is 12.0 Å². The van der Waals surface area contributed by atoms with Gasteiger partial charge in [0.05, 0.1) is 42.2 Å². The lowest BCUT2D eigenvalue weighted by molar-refractivity contribution is -0.132. The maximum Gasteiger partial charge on any atom is 0.301 e. The van der Waals surface area contributed by atoms with E-state index in [2.05, 4.69) is 0 Å². The van der Waals surface area contributed by atoms with Crippen molar-refractivity contribution in [2.24, 2.45) is 0 Å². The van der Waals surface area contributed by atoms with Gasteiger partial charge < -0.3 is 24.1 Å². The van der Waals surface area contributed by atoms with E-state index in [-0.39, 0.29) is 17.4 Å². The molecule has 1 fully saturated rings. The summed E-state index contributed by atoms with van der Waals surface area (Å²) in [5.74, 6) is 0.564. The van der Waals surface area contributed by atoms with Crippen LogP contribution in [0, 0.1) is 0 Å². The Balaban J connectivity index is 1.54. The van der Waals surface area contributed by atoms with Gasteiger partial charge in [-0.1, -0.05) is 17.4 Å². The van der Waals surface area contributed by atoms with Crippen LogP contribution in [0.3, 0.4) is 0 Å². The second kappa shape index (κ2) is 11.0. The number of fused-ring (bicyclic) bond motifs is 2. The molecule has 1 N–H and O–H groups in total. The summed E-state index contributed by atoms with van der Waals surface area (Å²) in [7, 11) is 1.58. The number of Topliss-reactive ketones (excluding diaryl/α,β-unsaturated/α-hetero) is 1. The quantitative estimate of drug-likeness (QED) is 0.151. The summed E-state index contributed by atoms with van der Waals surface area (Å²) in [6.45, 7) is 6.54. The Labute approximate surface area is 246 Å². The van der Waals surface area contributed by atoms with Gasteiger partial charge in [0.25, 0.3) is 5.78 Å². The number of aromatic nitrogens is 1. The molecule has 2 aliphatic heterocycles. The van der Waals surface area contributed by atoms with Crippen molar-refractivity contribution in [3.8, 4) is 23.0 Å². The number of thiazole rings is 1. The molecule has 0 aliphatic carbocycles. The van der Waals surface area contributed by atoms with Crippen LogP contribution in [0.5, 0.6) is 23.0 Å². The molecule has 2 atom stereocenters. The number of aliphatic hydroxyl groups excluding tert-OH is 1. The molecular formula is C32H30N2O7S. The molecule has 3 heterocycles. The largest absolute Gasteiger partial charge is 0.507 e. The highest BCUT2D eigenvalue weighted by Gasteiger charge is 2.48. The average molecular weight is 587 g/mol. The van der Waals surface area contributed by atoms with E-state index in [0.29, 0.717) is 58.7 Å². The number of ketones is 1. The second-order valence-corrected chi connectivity index (χ2v) is 11.0. The molecule has 0 saturated carbocycles. The first-order valence-electron chi connectivity index (χ1n) is 13.8. The molecule has 42 heavy (non-hydrogen) atoms. The highest BCUT2D eigenvalue weighted by atomic mass is 32.1. The number of anilines is 1. The van der Waals surface area contributed by atoms with Crippen molar-refractivity contribution in [1.82, 2.24) is 4.98 Å². The molecule has 0 spiro atoms. The molecule has 0 bridgehead atoms. The van der Waals surface area contributed by atoms with E-state index < -0.39 is 17.7 Å². The van der Waals surface area contributed by atoms with E-state index in [1.807, 2.05) is 32.9 Å². The van der Waals surface area contributed by atoms with Crippen molar-refractivity contribution in [3.63, 3.8) is 0 Å². The van der Waals surface area contributed by atoms with Gasteiger partial charge in [-0.2, -0.15) is 0 Å². The van der Waals surface area contributed by atoms with Gasteiger partial charge in [-0.25, -0.2) is 4.98 Å². The van der Waals surface area contributed by atoms with Crippen molar-refractivity contribution in [2.45, 2.75) is 39.3 Å². The number of amides is 1. The molecule has 6 rings (SSSR count). The fourth-order valence-electron chi connectivity index (χ4n) is 5.43. The fourth-order valence-corrected chi connectivity index (χ4v) is 6.45. The third-order valence-electron chi connectivity index (χ3n) is 7.29. The smallest absolute Gasteiger partial charge is 0.301 e. The molecule has 1 amide bonds. The van der Waals surface area contributed by atoms with Crippen molar-refractivity contribution in [2.75, 3.05) is 25.2 Å². The molecule has 9 nitrogen and oxygen atoms in total. The minimum Gasteiger partial charge on any atom is -0.507 e. The van der Waals surface area contributed by atoms with Gasteiger partial charge in [0.2, 0.25) is 0 Å². The standard InChI is InChI=1S/C32H30N2O7S/c1-5-39-24-12-7-18(15-25(24)40-6-2)28-27(29(35)19-8-11-23-20(14-19)13-17(3)41-23)30(36)31(37)34(28)32-33-22-10-9-21(38-4)16-26(22)42-32/h7-12,14-17,28,35H,5-6,13H2,1-4H3/b29-27+/t17-,28-/m0/s1. The molecule has 10 heteroatoms. The Hall–Kier alpha value is -4.57. The van der Waals surface area contributed by atoms with E-state index >= 15 is 0 Å². The Morgan fingerprint density at radius 1 is 1.05 bits per heavy atom. The zero-order chi connectivity index (χ0) is 29.5. The Bertz CT molecular complexity index is 1740. The fraction of sp³-hybridized carbons (Fsp3) is 0.281. The number of aliphatic hydroxyl groups is 1. The van der Waals surface area contributed by atoms with Gasteiger partial charge in [0.1, 0.15) is 23.4 Å². The van der Waals surface area contributed by atoms with E-state index in [9.17, 15) is 14.7 Å². The van der Waals surface area contributed by atoms with Crippen molar-refractivity contribution < 1.29 is 33.6 Å². The molecular weight excluding hydrogens is 556 g/mol. The number of nitrogens with zero attached hydrogens (tertiary/aromatic N) is 2. The summed E-state index contributed by atoms with van der Waals surface area (Å²) in [4.78, 5) is 33.5. The van der Waals surface area contributed by atoms with Crippen molar-refractivity contribution in [3.05, 3.63) is 76.9 Å². The number of rotatable bonds is 8. The zero-order valence-electron chi connectivity index (χ0n) is 23.7. The third-order valence-corrected chi connectivity index (χ3v) is 8.30. The number of carbonyl (C=O) groups is 2. The minimum atomic E-state index is -0.967. The van der Waals surface area contributed by atoms with Gasteiger partial charge in [-0.15, -0.1) is 0 Å². The van der Waals surface area contributed by atoms with Crippen LogP contribution in [0.4, 0.5) is 5.13 Å². The van der Waals surface area contributed by atoms with Crippen molar-refractivity contribution in [1.29, 1.82) is 0 Å². The Kier molecular flexibility index (Phi) is 7.24. The van der Waals surface area contributed by atoms with Crippen molar-refractivity contribution >= 4 is 44.1 Å². The van der Waals surface area contributed by atoms with Gasteiger partial charge >= 0.3 is 5.91 Å². The number of hydrogen-bond acceptors (Lipinski definition) is 9. The molecule has 4 aromatic rings. The zero-order valence-corrected chi connectivity index (χ0v) is 24.5. The number of hydrogen-bond donors (Lipinski definition) is 1. The maximum atomic E-state index is 13.7. The van der Waals surface area contributed by atoms with E-state index in [4.69, 9.17) is 23.9 Å². The molecule has 3 aromatic carbocycles. The van der Waals surface area contributed by atoms with Crippen LogP contribution in [-0.4, -0.2) is 48.2 Å².